The van der Waals surface area contributed by atoms with Crippen LogP contribution in [0.3, 0.4) is 0 Å². The smallest absolute Gasteiger partial charge is 0.344 e. The predicted octanol–water partition coefficient (Wildman–Crippen LogP) is 2.42. The maximum absolute atomic E-state index is 12.5. The highest BCUT2D eigenvalue weighted by Gasteiger charge is 2.35. The van der Waals surface area contributed by atoms with Gasteiger partial charge in [0, 0.05) is 0 Å². The van der Waals surface area contributed by atoms with Crippen molar-refractivity contribution in [2.45, 2.75) is 12.6 Å². The molecule has 3 rings (SSSR count). The van der Waals surface area contributed by atoms with E-state index in [-0.39, 0.29) is 24.3 Å². The van der Waals surface area contributed by atoms with Crippen LogP contribution in [-0.2, 0) is 18.9 Å². The molecule has 0 bridgehead atoms. The topological polar surface area (TPSA) is 89.5 Å². The minimum absolute atomic E-state index is 0.187. The maximum Gasteiger partial charge on any atom is 0.344 e. The van der Waals surface area contributed by atoms with Crippen molar-refractivity contribution in [3.8, 4) is 11.5 Å². The van der Waals surface area contributed by atoms with Gasteiger partial charge in [-0.1, -0.05) is 24.3 Å². The Kier molecular flexibility index (Phi) is 6.46. The fourth-order valence-corrected chi connectivity index (χ4v) is 2.63. The minimum atomic E-state index is -1.22. The fraction of sp³-hybridized carbons (Fsp3) is 0.300. The van der Waals surface area contributed by atoms with Gasteiger partial charge in [-0.25, -0.2) is 9.59 Å². The molecule has 2 atom stereocenters. The number of carbonyl (C=O) groups is 2. The lowest BCUT2D eigenvalue weighted by Crippen LogP contribution is -2.44. The van der Waals surface area contributed by atoms with Gasteiger partial charge in [-0.05, 0) is 24.3 Å². The molecular formula is C20H20O8. The van der Waals surface area contributed by atoms with Gasteiger partial charge in [0.15, 0.2) is 0 Å². The van der Waals surface area contributed by atoms with E-state index in [1.807, 2.05) is 0 Å². The Hall–Kier alpha value is -3.10. The molecule has 28 heavy (non-hydrogen) atoms. The number of hydrogen-bond acceptors (Lipinski definition) is 8. The molecule has 0 unspecified atom stereocenters. The van der Waals surface area contributed by atoms with Crippen LogP contribution < -0.4 is 9.47 Å². The fourth-order valence-electron chi connectivity index (χ4n) is 2.63. The van der Waals surface area contributed by atoms with Crippen molar-refractivity contribution in [1.29, 1.82) is 0 Å². The first-order valence-electron chi connectivity index (χ1n) is 8.55. The normalized spacial score (nSPS) is 18.8. The van der Waals surface area contributed by atoms with Gasteiger partial charge < -0.3 is 28.4 Å². The third-order valence-electron chi connectivity index (χ3n) is 3.97. The summed E-state index contributed by atoms with van der Waals surface area (Å²) in [7, 11) is 2.90. The highest BCUT2D eigenvalue weighted by Crippen LogP contribution is 2.24. The van der Waals surface area contributed by atoms with Crippen LogP contribution in [0.25, 0.3) is 0 Å². The Balaban J connectivity index is 1.72. The van der Waals surface area contributed by atoms with Crippen molar-refractivity contribution in [2.75, 3.05) is 27.4 Å². The molecule has 0 aliphatic carbocycles. The Morgan fingerprint density at radius 2 is 1.14 bits per heavy atom. The van der Waals surface area contributed by atoms with E-state index in [0.29, 0.717) is 11.5 Å². The monoisotopic (exact) mass is 388 g/mol. The van der Waals surface area contributed by atoms with Crippen molar-refractivity contribution in [3.63, 3.8) is 0 Å². The number of rotatable bonds is 6. The van der Waals surface area contributed by atoms with Crippen molar-refractivity contribution >= 4 is 11.9 Å². The number of carbonyl (C=O) groups excluding carboxylic acids is 2. The second-order valence-corrected chi connectivity index (χ2v) is 5.69. The summed E-state index contributed by atoms with van der Waals surface area (Å²) in [6, 6.07) is 13.2. The highest BCUT2D eigenvalue weighted by molar-refractivity contribution is 5.93. The van der Waals surface area contributed by atoms with E-state index in [0.717, 1.165) is 0 Å². The summed E-state index contributed by atoms with van der Waals surface area (Å²) in [5.74, 6) is -0.670. The molecular weight excluding hydrogens is 368 g/mol. The quantitative estimate of drug-likeness (QED) is 0.697. The SMILES string of the molecule is COc1ccccc1C(=O)O[C@H]1OCCO[C@H]1OC(=O)c1ccccc1OC. The van der Waals surface area contributed by atoms with Crippen molar-refractivity contribution in [3.05, 3.63) is 59.7 Å². The van der Waals surface area contributed by atoms with Gasteiger partial charge in [0.25, 0.3) is 12.6 Å². The number of para-hydroxylation sites is 2. The minimum Gasteiger partial charge on any atom is -0.496 e. The molecule has 0 amide bonds. The van der Waals surface area contributed by atoms with E-state index in [1.165, 1.54) is 14.2 Å². The average molecular weight is 388 g/mol. The van der Waals surface area contributed by atoms with Crippen LogP contribution in [0.1, 0.15) is 20.7 Å². The lowest BCUT2D eigenvalue weighted by Gasteiger charge is -2.30. The van der Waals surface area contributed by atoms with Crippen molar-refractivity contribution < 1.29 is 38.0 Å². The summed E-state index contributed by atoms with van der Waals surface area (Å²) < 4.78 is 31.9. The molecule has 2 aromatic rings. The van der Waals surface area contributed by atoms with Crippen LogP contribution in [-0.4, -0.2) is 52.0 Å². The molecule has 1 saturated heterocycles. The Bertz CT molecular complexity index is 765. The molecule has 8 heteroatoms. The molecule has 1 heterocycles. The molecule has 1 aliphatic heterocycles. The van der Waals surface area contributed by atoms with E-state index in [4.69, 9.17) is 28.4 Å². The van der Waals surface area contributed by atoms with E-state index in [2.05, 4.69) is 0 Å². The number of methoxy groups -OCH3 is 2. The van der Waals surface area contributed by atoms with Crippen LogP contribution in [0.4, 0.5) is 0 Å². The summed E-state index contributed by atoms with van der Waals surface area (Å²) in [5.41, 5.74) is 0.433. The third kappa shape index (κ3) is 4.41. The first kappa shape index (κ1) is 19.7. The average Bonchev–Trinajstić information content (AvgIpc) is 2.74. The van der Waals surface area contributed by atoms with E-state index in [9.17, 15) is 9.59 Å². The second kappa shape index (κ2) is 9.20. The van der Waals surface area contributed by atoms with Gasteiger partial charge in [-0.2, -0.15) is 0 Å². The van der Waals surface area contributed by atoms with Crippen LogP contribution in [0, 0.1) is 0 Å². The van der Waals surface area contributed by atoms with Gasteiger partial charge >= 0.3 is 11.9 Å². The highest BCUT2D eigenvalue weighted by atomic mass is 16.8. The molecule has 8 nitrogen and oxygen atoms in total. The molecule has 0 saturated carbocycles. The number of benzene rings is 2. The molecule has 1 aliphatic rings. The second-order valence-electron chi connectivity index (χ2n) is 5.69. The van der Waals surface area contributed by atoms with Gasteiger partial charge in [0.2, 0.25) is 0 Å². The van der Waals surface area contributed by atoms with E-state index >= 15 is 0 Å². The van der Waals surface area contributed by atoms with Gasteiger partial charge in [0.05, 0.1) is 27.4 Å². The molecule has 0 spiro atoms. The van der Waals surface area contributed by atoms with Crippen LogP contribution in [0.15, 0.2) is 48.5 Å². The van der Waals surface area contributed by atoms with Crippen LogP contribution in [0.2, 0.25) is 0 Å². The first-order chi connectivity index (χ1) is 13.6. The Morgan fingerprint density at radius 1 is 0.750 bits per heavy atom. The van der Waals surface area contributed by atoms with Gasteiger partial charge in [-0.3, -0.25) is 0 Å². The largest absolute Gasteiger partial charge is 0.496 e. The van der Waals surface area contributed by atoms with Gasteiger partial charge in [0.1, 0.15) is 22.6 Å². The maximum atomic E-state index is 12.5. The summed E-state index contributed by atoms with van der Waals surface area (Å²) >= 11 is 0. The summed E-state index contributed by atoms with van der Waals surface area (Å²) in [5, 5.41) is 0. The van der Waals surface area contributed by atoms with Crippen LogP contribution >= 0.6 is 0 Å². The molecule has 148 valence electrons. The molecule has 0 N–H and O–H groups in total. The predicted molar refractivity (Wildman–Crippen MR) is 96.3 cm³/mol. The number of esters is 2. The molecule has 2 aromatic carbocycles. The third-order valence-corrected chi connectivity index (χ3v) is 3.97. The standard InChI is InChI=1S/C20H20O8/c1-23-15-9-5-3-7-13(15)17(21)27-19-20(26-12-11-25-19)28-18(22)14-8-4-6-10-16(14)24-2/h3-10,19-20H,11-12H2,1-2H3/t19-,20+. The van der Waals surface area contributed by atoms with Crippen molar-refractivity contribution in [2.24, 2.45) is 0 Å². The summed E-state index contributed by atoms with van der Waals surface area (Å²) in [6.45, 7) is 0.374. The lowest BCUT2D eigenvalue weighted by atomic mass is 10.2. The lowest BCUT2D eigenvalue weighted by molar-refractivity contribution is -0.288. The zero-order chi connectivity index (χ0) is 19.9. The summed E-state index contributed by atoms with van der Waals surface area (Å²) in [4.78, 5) is 25.0. The Morgan fingerprint density at radius 3 is 1.54 bits per heavy atom. The molecule has 1 fully saturated rings. The summed E-state index contributed by atoms with van der Waals surface area (Å²) in [6.07, 6.45) is -2.44. The molecule has 0 radical (unpaired) electrons. The van der Waals surface area contributed by atoms with Crippen molar-refractivity contribution in [1.82, 2.24) is 0 Å². The van der Waals surface area contributed by atoms with Crippen LogP contribution in [0.5, 0.6) is 11.5 Å². The zero-order valence-electron chi connectivity index (χ0n) is 15.5. The van der Waals surface area contributed by atoms with E-state index in [1.54, 1.807) is 48.5 Å². The van der Waals surface area contributed by atoms with Gasteiger partial charge in [-0.15, -0.1) is 0 Å². The number of ether oxygens (including phenoxy) is 6. The molecule has 0 aromatic heterocycles. The van der Waals surface area contributed by atoms with E-state index < -0.39 is 24.5 Å². The number of hydrogen-bond donors (Lipinski definition) is 0. The zero-order valence-corrected chi connectivity index (χ0v) is 15.5. The first-order valence-corrected chi connectivity index (χ1v) is 8.55. The Labute approximate surface area is 161 Å².